The predicted octanol–water partition coefficient (Wildman–Crippen LogP) is -1.47. The maximum atomic E-state index is 12.3. The van der Waals surface area contributed by atoms with Gasteiger partial charge in [0.15, 0.2) is 0 Å². The first-order valence-corrected chi connectivity index (χ1v) is 10.5. The van der Waals surface area contributed by atoms with Gasteiger partial charge in [-0.3, -0.25) is 19.2 Å². The molecular weight excluding hydrogens is 456 g/mol. The van der Waals surface area contributed by atoms with Crippen molar-refractivity contribution >= 4 is 42.3 Å². The number of carbonyl (C=O) groups excluding carboxylic acids is 3. The molecule has 3 amide bonds. The summed E-state index contributed by atoms with van der Waals surface area (Å²) in [5.74, 6) is -4.16. The summed E-state index contributed by atoms with van der Waals surface area (Å²) >= 11 is 3.94. The van der Waals surface area contributed by atoms with Gasteiger partial charge in [0.2, 0.25) is 17.7 Å². The lowest BCUT2D eigenvalue weighted by Gasteiger charge is -2.19. The minimum Gasteiger partial charge on any atom is -0.497 e. The molecule has 0 heterocycles. The van der Waals surface area contributed by atoms with Gasteiger partial charge in [-0.05, 0) is 30.5 Å². The molecule has 1 aromatic rings. The summed E-state index contributed by atoms with van der Waals surface area (Å²) in [5.41, 5.74) is 6.63. The quantitative estimate of drug-likeness (QED) is 0.154. The van der Waals surface area contributed by atoms with E-state index in [9.17, 15) is 29.1 Å². The lowest BCUT2D eigenvalue weighted by Crippen LogP contribution is -2.51. The molecule has 0 spiro atoms. The lowest BCUT2D eigenvalue weighted by molar-refractivity contribution is -0.142. The number of nitrogens with one attached hydrogen (secondary N) is 3. The van der Waals surface area contributed by atoms with Gasteiger partial charge in [0, 0.05) is 12.2 Å². The molecule has 0 bridgehead atoms. The number of amides is 3. The summed E-state index contributed by atoms with van der Waals surface area (Å²) in [7, 11) is 1.52. The van der Waals surface area contributed by atoms with E-state index in [1.807, 2.05) is 0 Å². The fourth-order valence-electron chi connectivity index (χ4n) is 2.67. The Kier molecular flexibility index (Phi) is 11.7. The number of aliphatic carboxylic acids is 2. The average molecular weight is 485 g/mol. The molecule has 0 saturated heterocycles. The molecule has 0 fully saturated rings. The zero-order valence-corrected chi connectivity index (χ0v) is 18.8. The smallest absolute Gasteiger partial charge is 0.326 e. The number of methoxy groups -OCH3 is 1. The first kappa shape index (κ1) is 27.7. The standard InChI is InChI=1S/C20H28N4O8S/c1-32-12-4-2-11(3-5-12)8-13(21)18(28)24-14(20(30)31)6-7-16(25)23-15(10-33)19(29)22-9-17(26)27/h2-5,13-15,33H,6-10,21H2,1H3,(H,22,29)(H,23,25)(H,24,28)(H,26,27)(H,30,31)/t13-,14-,15-/m0/s1. The summed E-state index contributed by atoms with van der Waals surface area (Å²) in [5, 5.41) is 24.7. The van der Waals surface area contributed by atoms with E-state index in [1.54, 1.807) is 24.3 Å². The number of rotatable bonds is 14. The van der Waals surface area contributed by atoms with Gasteiger partial charge in [0.25, 0.3) is 0 Å². The number of hydrogen-bond donors (Lipinski definition) is 7. The van der Waals surface area contributed by atoms with E-state index < -0.39 is 54.3 Å². The van der Waals surface area contributed by atoms with Crippen LogP contribution in [0.2, 0.25) is 0 Å². The molecule has 7 N–H and O–H groups in total. The zero-order chi connectivity index (χ0) is 25.0. The van der Waals surface area contributed by atoms with Gasteiger partial charge in [0.1, 0.15) is 24.4 Å². The highest BCUT2D eigenvalue weighted by atomic mass is 32.1. The molecule has 0 radical (unpaired) electrons. The number of nitrogens with two attached hydrogens (primary N) is 1. The predicted molar refractivity (Wildman–Crippen MR) is 120 cm³/mol. The molecule has 0 aliphatic rings. The van der Waals surface area contributed by atoms with Crippen LogP contribution in [0.25, 0.3) is 0 Å². The zero-order valence-electron chi connectivity index (χ0n) is 17.9. The highest BCUT2D eigenvalue weighted by Crippen LogP contribution is 2.12. The van der Waals surface area contributed by atoms with Gasteiger partial charge in [-0.2, -0.15) is 12.6 Å². The lowest BCUT2D eigenvalue weighted by atomic mass is 10.0. The number of carboxylic acids is 2. The number of carboxylic acid groups (broad SMARTS) is 2. The SMILES string of the molecule is COc1ccc(C[C@H](N)C(=O)N[C@@H](CCC(=O)N[C@@H](CS)C(=O)NCC(=O)O)C(=O)O)cc1. The van der Waals surface area contributed by atoms with Crippen LogP contribution in [0.5, 0.6) is 5.75 Å². The van der Waals surface area contributed by atoms with Crippen molar-refractivity contribution < 1.29 is 38.9 Å². The van der Waals surface area contributed by atoms with Gasteiger partial charge in [-0.25, -0.2) is 4.79 Å². The Labute approximate surface area is 195 Å². The van der Waals surface area contributed by atoms with Crippen molar-refractivity contribution in [3.63, 3.8) is 0 Å². The van der Waals surface area contributed by atoms with Gasteiger partial charge in [0.05, 0.1) is 13.2 Å². The Hall–Kier alpha value is -3.32. The topological polar surface area (TPSA) is 197 Å². The molecule has 0 saturated carbocycles. The number of ether oxygens (including phenoxy) is 1. The highest BCUT2D eigenvalue weighted by Gasteiger charge is 2.25. The second-order valence-electron chi connectivity index (χ2n) is 7.01. The molecule has 12 nitrogen and oxygen atoms in total. The number of carbonyl (C=O) groups is 5. The summed E-state index contributed by atoms with van der Waals surface area (Å²) in [6, 6.07) is 3.39. The minimum atomic E-state index is -1.37. The molecule has 182 valence electrons. The van der Waals surface area contributed by atoms with Crippen LogP contribution < -0.4 is 26.4 Å². The fourth-order valence-corrected chi connectivity index (χ4v) is 2.92. The van der Waals surface area contributed by atoms with E-state index in [0.29, 0.717) is 5.75 Å². The minimum absolute atomic E-state index is 0.101. The van der Waals surface area contributed by atoms with Crippen LogP contribution in [0, 0.1) is 0 Å². The molecule has 0 unspecified atom stereocenters. The van der Waals surface area contributed by atoms with Crippen LogP contribution in [0.15, 0.2) is 24.3 Å². The highest BCUT2D eigenvalue weighted by molar-refractivity contribution is 7.80. The maximum absolute atomic E-state index is 12.3. The van der Waals surface area contributed by atoms with Crippen LogP contribution >= 0.6 is 12.6 Å². The summed E-state index contributed by atoms with van der Waals surface area (Å²) in [6.07, 6.45) is -0.405. The molecule has 0 aliphatic carbocycles. The van der Waals surface area contributed by atoms with Crippen molar-refractivity contribution in [2.75, 3.05) is 19.4 Å². The Morgan fingerprint density at radius 3 is 2.18 bits per heavy atom. The normalized spacial score (nSPS) is 13.2. The third kappa shape index (κ3) is 10.2. The molecule has 3 atom stereocenters. The Morgan fingerprint density at radius 2 is 1.67 bits per heavy atom. The second-order valence-corrected chi connectivity index (χ2v) is 7.38. The van der Waals surface area contributed by atoms with Crippen molar-refractivity contribution in [2.45, 2.75) is 37.4 Å². The van der Waals surface area contributed by atoms with Crippen molar-refractivity contribution in [3.05, 3.63) is 29.8 Å². The first-order chi connectivity index (χ1) is 15.6. The van der Waals surface area contributed by atoms with Crippen LogP contribution in [0.4, 0.5) is 0 Å². The van der Waals surface area contributed by atoms with Crippen LogP contribution in [0.3, 0.4) is 0 Å². The molecule has 33 heavy (non-hydrogen) atoms. The largest absolute Gasteiger partial charge is 0.497 e. The van der Waals surface area contributed by atoms with Crippen LogP contribution in [0.1, 0.15) is 18.4 Å². The third-order valence-corrected chi connectivity index (χ3v) is 4.84. The van der Waals surface area contributed by atoms with Gasteiger partial charge in [-0.1, -0.05) is 12.1 Å². The van der Waals surface area contributed by atoms with E-state index in [-0.39, 0.29) is 25.0 Å². The summed E-state index contributed by atoms with van der Waals surface area (Å²) < 4.78 is 5.05. The van der Waals surface area contributed by atoms with Crippen molar-refractivity contribution in [1.82, 2.24) is 16.0 Å². The summed E-state index contributed by atoms with van der Waals surface area (Å²) in [6.45, 7) is -0.622. The fraction of sp³-hybridized carbons (Fsp3) is 0.450. The van der Waals surface area contributed by atoms with E-state index in [2.05, 4.69) is 28.6 Å². The van der Waals surface area contributed by atoms with Crippen molar-refractivity contribution in [2.24, 2.45) is 5.73 Å². The van der Waals surface area contributed by atoms with E-state index in [1.165, 1.54) is 7.11 Å². The number of benzene rings is 1. The van der Waals surface area contributed by atoms with E-state index in [0.717, 1.165) is 5.56 Å². The Morgan fingerprint density at radius 1 is 1.03 bits per heavy atom. The van der Waals surface area contributed by atoms with Crippen molar-refractivity contribution in [3.8, 4) is 5.75 Å². The monoisotopic (exact) mass is 484 g/mol. The molecular formula is C20H28N4O8S. The van der Waals surface area contributed by atoms with Crippen molar-refractivity contribution in [1.29, 1.82) is 0 Å². The van der Waals surface area contributed by atoms with E-state index >= 15 is 0 Å². The van der Waals surface area contributed by atoms with Gasteiger partial charge in [-0.15, -0.1) is 0 Å². The maximum Gasteiger partial charge on any atom is 0.326 e. The summed E-state index contributed by atoms with van der Waals surface area (Å²) in [4.78, 5) is 58.3. The Bertz CT molecular complexity index is 849. The second kappa shape index (κ2) is 14.0. The molecule has 1 rings (SSSR count). The van der Waals surface area contributed by atoms with Crippen LogP contribution in [-0.2, 0) is 30.4 Å². The molecule has 0 aromatic heterocycles. The van der Waals surface area contributed by atoms with E-state index in [4.69, 9.17) is 15.6 Å². The first-order valence-electron chi connectivity index (χ1n) is 9.88. The average Bonchev–Trinajstić information content (AvgIpc) is 2.78. The number of hydrogen-bond acceptors (Lipinski definition) is 8. The Balaban J connectivity index is 2.58. The molecule has 1 aromatic carbocycles. The third-order valence-electron chi connectivity index (χ3n) is 4.47. The molecule has 0 aliphatic heterocycles. The van der Waals surface area contributed by atoms with Gasteiger partial charge < -0.3 is 36.6 Å². The number of thiol groups is 1. The van der Waals surface area contributed by atoms with Crippen LogP contribution in [-0.4, -0.2) is 77.4 Å². The van der Waals surface area contributed by atoms with Gasteiger partial charge >= 0.3 is 11.9 Å². The molecule has 13 heteroatoms.